The lowest BCUT2D eigenvalue weighted by Gasteiger charge is -1.81. The van der Waals surface area contributed by atoms with Crippen LogP contribution in [-0.4, -0.2) is 14.2 Å². The molecule has 0 atom stereocenters. The summed E-state index contributed by atoms with van der Waals surface area (Å²) in [6.07, 6.45) is 0.586. The molecule has 1 rings (SSSR count). The third kappa shape index (κ3) is 1.14. The van der Waals surface area contributed by atoms with Crippen LogP contribution in [-0.2, 0) is 10.0 Å². The summed E-state index contributed by atoms with van der Waals surface area (Å²) in [5.74, 6) is 0.201. The van der Waals surface area contributed by atoms with Crippen LogP contribution in [0.5, 0.6) is 0 Å². The summed E-state index contributed by atoms with van der Waals surface area (Å²) >= 11 is 0. The molecule has 0 bridgehead atoms. The molecule has 0 aromatic rings. The van der Waals surface area contributed by atoms with Gasteiger partial charge < -0.3 is 0 Å². The Morgan fingerprint density at radius 3 is 2.43 bits per heavy atom. The molecule has 4 heteroatoms. The maximum Gasteiger partial charge on any atom is 0.228 e. The van der Waals surface area contributed by atoms with Crippen molar-refractivity contribution in [2.45, 2.75) is 6.42 Å². The van der Waals surface area contributed by atoms with E-state index >= 15 is 0 Å². The molecule has 1 aliphatic rings. The Hall–Kier alpha value is -0.0900. The topological polar surface area (TPSA) is 48.2 Å². The van der Waals surface area contributed by atoms with Gasteiger partial charge in [-0.25, -0.2) is 8.42 Å². The van der Waals surface area contributed by atoms with Crippen molar-refractivity contribution in [2.75, 3.05) is 5.75 Å². The predicted molar refractivity (Wildman–Crippen MR) is 24.8 cm³/mol. The van der Waals surface area contributed by atoms with Crippen molar-refractivity contribution in [1.82, 2.24) is 4.72 Å². The lowest BCUT2D eigenvalue weighted by molar-refractivity contribution is 0.595. The van der Waals surface area contributed by atoms with E-state index in [0.717, 1.165) is 0 Å². The molecule has 3 nitrogen and oxygen atoms in total. The molecular weight excluding hydrogens is 114 g/mol. The van der Waals surface area contributed by atoms with Gasteiger partial charge in [-0.15, -0.1) is 4.72 Å². The number of nitrogens with zero attached hydrogens (tertiary/aromatic N) is 1. The minimum Gasteiger partial charge on any atom is -0.211 e. The van der Waals surface area contributed by atoms with Crippen LogP contribution in [0, 0.1) is 6.54 Å². The van der Waals surface area contributed by atoms with Crippen molar-refractivity contribution in [1.29, 1.82) is 0 Å². The van der Waals surface area contributed by atoms with E-state index in [9.17, 15) is 8.42 Å². The molecular formula is C3H5NO2S. The smallest absolute Gasteiger partial charge is 0.211 e. The van der Waals surface area contributed by atoms with E-state index in [4.69, 9.17) is 0 Å². The zero-order chi connectivity index (χ0) is 5.33. The van der Waals surface area contributed by atoms with Gasteiger partial charge in [0.05, 0.1) is 12.3 Å². The van der Waals surface area contributed by atoms with Crippen LogP contribution >= 0.6 is 0 Å². The second-order valence-electron chi connectivity index (χ2n) is 1.36. The van der Waals surface area contributed by atoms with Gasteiger partial charge in [0.25, 0.3) is 0 Å². The second kappa shape index (κ2) is 1.45. The van der Waals surface area contributed by atoms with Crippen LogP contribution in [0.15, 0.2) is 0 Å². The molecule has 1 heterocycles. The monoisotopic (exact) mass is 119 g/mol. The highest BCUT2D eigenvalue weighted by atomic mass is 32.2. The Morgan fingerprint density at radius 1 is 1.57 bits per heavy atom. The van der Waals surface area contributed by atoms with Crippen LogP contribution in [0.1, 0.15) is 6.42 Å². The van der Waals surface area contributed by atoms with E-state index in [1.807, 2.05) is 0 Å². The molecule has 0 N–H and O–H groups in total. The zero-order valence-electron chi connectivity index (χ0n) is 3.66. The molecule has 1 aliphatic heterocycles. The average molecular weight is 119 g/mol. The first-order valence-corrected chi connectivity index (χ1v) is 3.58. The Morgan fingerprint density at radius 2 is 2.29 bits per heavy atom. The summed E-state index contributed by atoms with van der Waals surface area (Å²) < 4.78 is 23.7. The fourth-order valence-electron chi connectivity index (χ4n) is 0.421. The van der Waals surface area contributed by atoms with Crippen LogP contribution in [0.3, 0.4) is 0 Å². The van der Waals surface area contributed by atoms with Crippen LogP contribution in [0.25, 0.3) is 0 Å². The third-order valence-corrected chi connectivity index (χ3v) is 1.96. The van der Waals surface area contributed by atoms with Gasteiger partial charge in [0, 0.05) is 0 Å². The third-order valence-electron chi connectivity index (χ3n) is 0.740. The fraction of sp³-hybridized carbons (Fsp3) is 0.667. The lowest BCUT2D eigenvalue weighted by atomic mass is 10.5. The summed E-state index contributed by atoms with van der Waals surface area (Å²) in [6.45, 7) is 1.43. The number of sulfonamides is 1. The van der Waals surface area contributed by atoms with E-state index < -0.39 is 10.0 Å². The van der Waals surface area contributed by atoms with Gasteiger partial charge in [0.2, 0.25) is 10.0 Å². The largest absolute Gasteiger partial charge is 0.228 e. The summed E-state index contributed by atoms with van der Waals surface area (Å²) in [4.78, 5) is 0. The predicted octanol–water partition coefficient (Wildman–Crippen LogP) is -0.514. The summed E-state index contributed by atoms with van der Waals surface area (Å²) in [5.41, 5.74) is 0. The van der Waals surface area contributed by atoms with Gasteiger partial charge in [0.1, 0.15) is 0 Å². The first-order chi connectivity index (χ1) is 3.21. The van der Waals surface area contributed by atoms with Crippen molar-refractivity contribution in [2.24, 2.45) is 0 Å². The Bertz CT molecular complexity index is 136. The molecule has 0 spiro atoms. The van der Waals surface area contributed by atoms with E-state index in [-0.39, 0.29) is 5.75 Å². The molecule has 0 aliphatic carbocycles. The maximum atomic E-state index is 10.2. The zero-order valence-corrected chi connectivity index (χ0v) is 4.48. The first-order valence-electron chi connectivity index (χ1n) is 1.97. The van der Waals surface area contributed by atoms with Crippen LogP contribution in [0.4, 0.5) is 0 Å². The molecule has 2 radical (unpaired) electrons. The summed E-state index contributed by atoms with van der Waals surface area (Å²) in [7, 11) is -2.98. The number of rotatable bonds is 0. The SMILES string of the molecule is O=S1(=O)CC[CH][N]1. The van der Waals surface area contributed by atoms with Gasteiger partial charge in [-0.2, -0.15) is 0 Å². The molecule has 1 saturated heterocycles. The van der Waals surface area contributed by atoms with Gasteiger partial charge in [0.15, 0.2) is 0 Å². The van der Waals surface area contributed by atoms with Gasteiger partial charge >= 0.3 is 0 Å². The average Bonchev–Trinajstić information content (AvgIpc) is 1.84. The summed E-state index contributed by atoms with van der Waals surface area (Å²) in [5, 5.41) is 0. The van der Waals surface area contributed by atoms with E-state index in [1.165, 1.54) is 6.54 Å². The van der Waals surface area contributed by atoms with E-state index in [0.29, 0.717) is 6.42 Å². The van der Waals surface area contributed by atoms with Crippen molar-refractivity contribution in [3.8, 4) is 0 Å². The normalized spacial score (nSPS) is 28.0. The molecule has 0 amide bonds. The molecule has 0 saturated carbocycles. The maximum absolute atomic E-state index is 10.2. The molecule has 40 valence electrons. The van der Waals surface area contributed by atoms with E-state index in [2.05, 4.69) is 4.72 Å². The first kappa shape index (κ1) is 5.05. The van der Waals surface area contributed by atoms with Crippen molar-refractivity contribution in [3.63, 3.8) is 0 Å². The highest BCUT2D eigenvalue weighted by molar-refractivity contribution is 7.89. The summed E-state index contributed by atoms with van der Waals surface area (Å²) in [6, 6.07) is 0. The Balaban J connectivity index is 2.76. The van der Waals surface area contributed by atoms with Crippen molar-refractivity contribution < 1.29 is 8.42 Å². The van der Waals surface area contributed by atoms with Crippen molar-refractivity contribution >= 4 is 10.0 Å². The standard InChI is InChI=1S/C3H5NO2S/c5-7(6)3-1-2-4-7/h2H,1,3H2. The molecule has 7 heavy (non-hydrogen) atoms. The van der Waals surface area contributed by atoms with Gasteiger partial charge in [-0.3, -0.25) is 0 Å². The highest BCUT2D eigenvalue weighted by Gasteiger charge is 2.17. The molecule has 0 aromatic heterocycles. The Kier molecular flexibility index (Phi) is 1.05. The quantitative estimate of drug-likeness (QED) is 0.431. The van der Waals surface area contributed by atoms with Crippen LogP contribution in [0.2, 0.25) is 0 Å². The molecule has 0 aromatic carbocycles. The number of hydrogen-bond donors (Lipinski definition) is 0. The highest BCUT2D eigenvalue weighted by Crippen LogP contribution is 2.02. The van der Waals surface area contributed by atoms with Crippen molar-refractivity contribution in [3.05, 3.63) is 6.54 Å². The fourth-order valence-corrected chi connectivity index (χ4v) is 1.26. The second-order valence-corrected chi connectivity index (χ2v) is 3.15. The minimum atomic E-state index is -2.98. The van der Waals surface area contributed by atoms with E-state index in [1.54, 1.807) is 0 Å². The minimum absolute atomic E-state index is 0.201. The lowest BCUT2D eigenvalue weighted by Crippen LogP contribution is -2.05. The molecule has 0 unspecified atom stereocenters. The van der Waals surface area contributed by atoms with Gasteiger partial charge in [-0.05, 0) is 6.42 Å². The number of hydrogen-bond acceptors (Lipinski definition) is 2. The van der Waals surface area contributed by atoms with Crippen LogP contribution < -0.4 is 4.72 Å². The van der Waals surface area contributed by atoms with Gasteiger partial charge in [-0.1, -0.05) is 0 Å². The molecule has 1 fully saturated rings. The Labute approximate surface area is 42.8 Å².